The average molecular weight is 395 g/mol. The molecule has 0 aliphatic heterocycles. The van der Waals surface area contributed by atoms with E-state index in [1.807, 2.05) is 31.2 Å². The van der Waals surface area contributed by atoms with Crippen LogP contribution in [-0.2, 0) is 0 Å². The summed E-state index contributed by atoms with van der Waals surface area (Å²) in [6.07, 6.45) is 16.2. The Kier molecular flexibility index (Phi) is 9.00. The van der Waals surface area contributed by atoms with Crippen LogP contribution in [0.3, 0.4) is 0 Å². The fourth-order valence-corrected chi connectivity index (χ4v) is 4.63. The van der Waals surface area contributed by atoms with E-state index < -0.39 is 0 Å². The maximum Gasteiger partial charge on any atom is 0.119 e. The third-order valence-electron chi connectivity index (χ3n) is 6.68. The van der Waals surface area contributed by atoms with E-state index in [0.717, 1.165) is 29.9 Å². The van der Waals surface area contributed by atoms with Crippen LogP contribution in [0.5, 0.6) is 11.5 Å². The minimum absolute atomic E-state index is 0.567. The van der Waals surface area contributed by atoms with Crippen LogP contribution in [0.15, 0.2) is 36.4 Å². The SMILES string of the molecule is CCOc1ccc(OCC2CCC(C#CC=CC3CCC(CC)CC3)CC2)cc1. The van der Waals surface area contributed by atoms with Crippen LogP contribution >= 0.6 is 0 Å². The summed E-state index contributed by atoms with van der Waals surface area (Å²) >= 11 is 0. The fourth-order valence-electron chi connectivity index (χ4n) is 4.63. The molecule has 0 bridgehead atoms. The Labute approximate surface area is 178 Å². The van der Waals surface area contributed by atoms with Gasteiger partial charge in [0.2, 0.25) is 0 Å². The summed E-state index contributed by atoms with van der Waals surface area (Å²) in [5, 5.41) is 0. The van der Waals surface area contributed by atoms with Gasteiger partial charge in [0.15, 0.2) is 0 Å². The third-order valence-corrected chi connectivity index (χ3v) is 6.68. The van der Waals surface area contributed by atoms with Gasteiger partial charge in [0.1, 0.15) is 11.5 Å². The van der Waals surface area contributed by atoms with Crippen molar-refractivity contribution in [2.24, 2.45) is 23.7 Å². The van der Waals surface area contributed by atoms with Crippen molar-refractivity contribution >= 4 is 0 Å². The van der Waals surface area contributed by atoms with Gasteiger partial charge in [0.05, 0.1) is 13.2 Å². The fraction of sp³-hybridized carbons (Fsp3) is 0.630. The summed E-state index contributed by atoms with van der Waals surface area (Å²) in [7, 11) is 0. The van der Waals surface area contributed by atoms with Crippen LogP contribution in [-0.4, -0.2) is 13.2 Å². The van der Waals surface area contributed by atoms with Crippen molar-refractivity contribution < 1.29 is 9.47 Å². The van der Waals surface area contributed by atoms with Crippen molar-refractivity contribution in [1.29, 1.82) is 0 Å². The Morgan fingerprint density at radius 2 is 1.45 bits per heavy atom. The Morgan fingerprint density at radius 3 is 2.07 bits per heavy atom. The highest BCUT2D eigenvalue weighted by molar-refractivity contribution is 5.31. The van der Waals surface area contributed by atoms with Crippen LogP contribution in [0.1, 0.15) is 71.6 Å². The van der Waals surface area contributed by atoms with E-state index in [9.17, 15) is 0 Å². The molecule has 0 N–H and O–H groups in total. The number of benzene rings is 1. The molecule has 2 aliphatic carbocycles. The van der Waals surface area contributed by atoms with E-state index >= 15 is 0 Å². The quantitative estimate of drug-likeness (QED) is 0.461. The molecule has 1 aromatic rings. The van der Waals surface area contributed by atoms with Gasteiger partial charge in [-0.3, -0.25) is 0 Å². The van der Waals surface area contributed by atoms with Crippen molar-refractivity contribution in [2.45, 2.75) is 71.6 Å². The van der Waals surface area contributed by atoms with Gasteiger partial charge >= 0.3 is 0 Å². The Bertz CT molecular complexity index is 663. The molecular formula is C27H38O2. The number of ether oxygens (including phenoxy) is 2. The number of rotatable bonds is 7. The summed E-state index contributed by atoms with van der Waals surface area (Å²) in [5.41, 5.74) is 0. The molecule has 2 saturated carbocycles. The molecule has 2 nitrogen and oxygen atoms in total. The monoisotopic (exact) mass is 394 g/mol. The van der Waals surface area contributed by atoms with E-state index in [1.54, 1.807) is 0 Å². The van der Waals surface area contributed by atoms with Gasteiger partial charge in [-0.2, -0.15) is 0 Å². The van der Waals surface area contributed by atoms with E-state index in [-0.39, 0.29) is 0 Å². The summed E-state index contributed by atoms with van der Waals surface area (Å²) < 4.78 is 11.5. The van der Waals surface area contributed by atoms with Gasteiger partial charge in [0.25, 0.3) is 0 Å². The molecule has 158 valence electrons. The topological polar surface area (TPSA) is 18.5 Å². The highest BCUT2D eigenvalue weighted by Gasteiger charge is 2.20. The first-order valence-corrected chi connectivity index (χ1v) is 11.8. The molecule has 0 saturated heterocycles. The van der Waals surface area contributed by atoms with Crippen molar-refractivity contribution in [1.82, 2.24) is 0 Å². The Balaban J connectivity index is 1.32. The molecule has 2 heteroatoms. The molecule has 2 fully saturated rings. The first-order valence-electron chi connectivity index (χ1n) is 11.8. The van der Waals surface area contributed by atoms with Crippen LogP contribution in [0, 0.1) is 35.5 Å². The largest absolute Gasteiger partial charge is 0.494 e. The molecule has 1 aromatic carbocycles. The second-order valence-corrected chi connectivity index (χ2v) is 8.77. The van der Waals surface area contributed by atoms with E-state index in [0.29, 0.717) is 18.4 Å². The summed E-state index contributed by atoms with van der Waals surface area (Å²) in [6.45, 7) is 5.84. The average Bonchev–Trinajstić information content (AvgIpc) is 2.78. The van der Waals surface area contributed by atoms with Gasteiger partial charge in [-0.05, 0) is 106 Å². The normalized spacial score (nSPS) is 27.2. The second-order valence-electron chi connectivity index (χ2n) is 8.77. The maximum absolute atomic E-state index is 5.99. The molecule has 3 rings (SSSR count). The summed E-state index contributed by atoms with van der Waals surface area (Å²) in [4.78, 5) is 0. The van der Waals surface area contributed by atoms with Crippen molar-refractivity contribution in [3.63, 3.8) is 0 Å². The molecule has 0 amide bonds. The molecule has 0 radical (unpaired) electrons. The predicted octanol–water partition coefficient (Wildman–Crippen LogP) is 7.05. The minimum Gasteiger partial charge on any atom is -0.494 e. The number of hydrogen-bond donors (Lipinski definition) is 0. The van der Waals surface area contributed by atoms with Crippen LogP contribution in [0.2, 0.25) is 0 Å². The zero-order chi connectivity index (χ0) is 20.3. The van der Waals surface area contributed by atoms with Crippen molar-refractivity contribution in [3.8, 4) is 23.3 Å². The number of allylic oxidation sites excluding steroid dienone is 2. The predicted molar refractivity (Wildman–Crippen MR) is 121 cm³/mol. The van der Waals surface area contributed by atoms with Crippen molar-refractivity contribution in [2.75, 3.05) is 13.2 Å². The first-order chi connectivity index (χ1) is 14.3. The summed E-state index contributed by atoms with van der Waals surface area (Å²) in [5.74, 6) is 11.6. The lowest BCUT2D eigenvalue weighted by molar-refractivity contribution is 0.196. The van der Waals surface area contributed by atoms with Gasteiger partial charge in [0, 0.05) is 5.92 Å². The van der Waals surface area contributed by atoms with Gasteiger partial charge in [-0.1, -0.05) is 31.3 Å². The van der Waals surface area contributed by atoms with E-state index in [4.69, 9.17) is 9.47 Å². The lowest BCUT2D eigenvalue weighted by Crippen LogP contribution is -2.19. The Hall–Kier alpha value is -1.88. The molecule has 0 spiro atoms. The third kappa shape index (κ3) is 7.46. The molecule has 0 unspecified atom stereocenters. The lowest BCUT2D eigenvalue weighted by Gasteiger charge is -2.25. The summed E-state index contributed by atoms with van der Waals surface area (Å²) in [6, 6.07) is 7.97. The lowest BCUT2D eigenvalue weighted by atomic mass is 9.81. The van der Waals surface area contributed by atoms with Gasteiger partial charge < -0.3 is 9.47 Å². The molecule has 0 heterocycles. The molecule has 29 heavy (non-hydrogen) atoms. The van der Waals surface area contributed by atoms with Gasteiger partial charge in [-0.25, -0.2) is 0 Å². The molecule has 0 atom stereocenters. The Morgan fingerprint density at radius 1 is 0.828 bits per heavy atom. The van der Waals surface area contributed by atoms with Crippen molar-refractivity contribution in [3.05, 3.63) is 36.4 Å². The van der Waals surface area contributed by atoms with Crippen LogP contribution < -0.4 is 9.47 Å². The minimum atomic E-state index is 0.567. The van der Waals surface area contributed by atoms with Crippen LogP contribution in [0.25, 0.3) is 0 Å². The highest BCUT2D eigenvalue weighted by atomic mass is 16.5. The van der Waals surface area contributed by atoms with E-state index in [1.165, 1.54) is 57.8 Å². The first kappa shape index (κ1) is 21.8. The smallest absolute Gasteiger partial charge is 0.119 e. The zero-order valence-electron chi connectivity index (χ0n) is 18.4. The molecule has 0 aromatic heterocycles. The van der Waals surface area contributed by atoms with Crippen LogP contribution in [0.4, 0.5) is 0 Å². The van der Waals surface area contributed by atoms with Gasteiger partial charge in [-0.15, -0.1) is 0 Å². The maximum atomic E-state index is 5.99. The molecular weight excluding hydrogens is 356 g/mol. The number of hydrogen-bond acceptors (Lipinski definition) is 2. The standard InChI is InChI=1S/C27H38O2/c1-3-22-9-11-23(12-10-22)7-5-6-8-24-13-15-25(16-14-24)21-29-27-19-17-26(18-20-27)28-4-2/h5,7,17-20,22-25H,3-4,9-16,21H2,1-2H3. The molecule has 2 aliphatic rings. The highest BCUT2D eigenvalue weighted by Crippen LogP contribution is 2.31. The van der Waals surface area contributed by atoms with E-state index in [2.05, 4.69) is 30.9 Å². The second kappa shape index (κ2) is 12.0. The zero-order valence-corrected chi connectivity index (χ0v) is 18.4.